The van der Waals surface area contributed by atoms with E-state index in [0.717, 1.165) is 6.42 Å². The van der Waals surface area contributed by atoms with E-state index < -0.39 is 8.32 Å². The Morgan fingerprint density at radius 2 is 1.29 bits per heavy atom. The summed E-state index contributed by atoms with van der Waals surface area (Å²) in [5.74, 6) is 0. The highest BCUT2D eigenvalue weighted by Crippen LogP contribution is 2.28. The minimum Gasteiger partial charge on any atom is -0.411 e. The van der Waals surface area contributed by atoms with E-state index in [4.69, 9.17) is 4.43 Å². The quantitative estimate of drug-likeness (QED) is 0.504. The molecule has 0 amide bonds. The van der Waals surface area contributed by atoms with Crippen LogP contribution in [0.15, 0.2) is 0 Å². The van der Waals surface area contributed by atoms with Gasteiger partial charge in [0.1, 0.15) is 0 Å². The van der Waals surface area contributed by atoms with E-state index in [0.29, 0.717) is 0 Å². The van der Waals surface area contributed by atoms with Crippen LogP contribution in [0, 0.1) is 6.61 Å². The van der Waals surface area contributed by atoms with E-state index in [1.165, 1.54) is 37.4 Å². The van der Waals surface area contributed by atoms with Crippen LogP contribution in [0.3, 0.4) is 0 Å². The molecule has 14 heavy (non-hydrogen) atoms. The standard InChI is InChI=1S/C12H27OSi/c1-5-9-13-14(10-6-2,11-7-3)12-8-4/h9H,5-8,10-12H2,1-4H3. The lowest BCUT2D eigenvalue weighted by Gasteiger charge is -2.30. The molecule has 0 rings (SSSR count). The second kappa shape index (κ2) is 8.48. The van der Waals surface area contributed by atoms with E-state index >= 15 is 0 Å². The van der Waals surface area contributed by atoms with Gasteiger partial charge in [0.15, 0.2) is 8.32 Å². The molecule has 0 heterocycles. The molecule has 0 aromatic heterocycles. The maximum atomic E-state index is 6.11. The SMILES string of the molecule is CC[CH]O[Si](CCC)(CCC)CCC. The first kappa shape index (κ1) is 14.2. The second-order valence-electron chi connectivity index (χ2n) is 4.13. The van der Waals surface area contributed by atoms with Crippen molar-refractivity contribution in [3.05, 3.63) is 6.61 Å². The minimum atomic E-state index is -1.37. The van der Waals surface area contributed by atoms with Gasteiger partial charge in [0, 0.05) is 0 Å². The zero-order valence-electron chi connectivity index (χ0n) is 10.4. The van der Waals surface area contributed by atoms with Gasteiger partial charge in [-0.05, 0) is 24.6 Å². The van der Waals surface area contributed by atoms with Crippen molar-refractivity contribution in [2.75, 3.05) is 0 Å². The molecule has 0 bridgehead atoms. The van der Waals surface area contributed by atoms with E-state index in [1.54, 1.807) is 0 Å². The van der Waals surface area contributed by atoms with Gasteiger partial charge >= 0.3 is 0 Å². The fourth-order valence-electron chi connectivity index (χ4n) is 2.18. The van der Waals surface area contributed by atoms with Gasteiger partial charge in [0.05, 0.1) is 6.61 Å². The van der Waals surface area contributed by atoms with E-state index in [-0.39, 0.29) is 0 Å². The number of hydrogen-bond acceptors (Lipinski definition) is 1. The Bertz CT molecular complexity index is 108. The molecule has 1 nitrogen and oxygen atoms in total. The van der Waals surface area contributed by atoms with Crippen LogP contribution < -0.4 is 0 Å². The summed E-state index contributed by atoms with van der Waals surface area (Å²) in [6.07, 6.45) is 4.89. The Labute approximate surface area is 91.4 Å². The molecule has 0 saturated carbocycles. The summed E-state index contributed by atoms with van der Waals surface area (Å²) in [7, 11) is -1.37. The highest BCUT2D eigenvalue weighted by Gasteiger charge is 2.31. The maximum absolute atomic E-state index is 6.11. The molecule has 0 aliphatic carbocycles. The second-order valence-corrected chi connectivity index (χ2v) is 8.23. The Kier molecular flexibility index (Phi) is 8.59. The smallest absolute Gasteiger partial charge is 0.193 e. The lowest BCUT2D eigenvalue weighted by atomic mass is 10.5. The van der Waals surface area contributed by atoms with Gasteiger partial charge in [-0.2, -0.15) is 0 Å². The fraction of sp³-hybridized carbons (Fsp3) is 0.917. The molecule has 0 saturated heterocycles. The summed E-state index contributed by atoms with van der Waals surface area (Å²) < 4.78 is 6.11. The van der Waals surface area contributed by atoms with Gasteiger partial charge in [-0.3, -0.25) is 0 Å². The van der Waals surface area contributed by atoms with Crippen LogP contribution >= 0.6 is 0 Å². The molecule has 0 aromatic rings. The maximum Gasteiger partial charge on any atom is 0.193 e. The van der Waals surface area contributed by atoms with Gasteiger partial charge in [-0.15, -0.1) is 0 Å². The van der Waals surface area contributed by atoms with Crippen molar-refractivity contribution >= 4 is 8.32 Å². The molecule has 0 spiro atoms. The van der Waals surface area contributed by atoms with Crippen molar-refractivity contribution in [2.24, 2.45) is 0 Å². The number of rotatable bonds is 9. The van der Waals surface area contributed by atoms with Crippen molar-refractivity contribution in [3.63, 3.8) is 0 Å². The average molecular weight is 215 g/mol. The van der Waals surface area contributed by atoms with Gasteiger partial charge in [0.2, 0.25) is 0 Å². The average Bonchev–Trinajstić information content (AvgIpc) is 2.16. The molecule has 2 heteroatoms. The Morgan fingerprint density at radius 1 is 0.857 bits per heavy atom. The third-order valence-electron chi connectivity index (χ3n) is 2.62. The van der Waals surface area contributed by atoms with Crippen molar-refractivity contribution in [3.8, 4) is 0 Å². The Balaban J connectivity index is 4.21. The van der Waals surface area contributed by atoms with Crippen LogP contribution in [0.5, 0.6) is 0 Å². The van der Waals surface area contributed by atoms with Crippen molar-refractivity contribution in [1.82, 2.24) is 0 Å². The van der Waals surface area contributed by atoms with Crippen LogP contribution in [0.2, 0.25) is 18.1 Å². The normalized spacial score (nSPS) is 12.0. The van der Waals surface area contributed by atoms with Crippen molar-refractivity contribution in [1.29, 1.82) is 0 Å². The lowest BCUT2D eigenvalue weighted by molar-refractivity contribution is 0.371. The van der Waals surface area contributed by atoms with Gasteiger partial charge in [0.25, 0.3) is 0 Å². The van der Waals surface area contributed by atoms with Crippen LogP contribution in [0.25, 0.3) is 0 Å². The topological polar surface area (TPSA) is 9.23 Å². The van der Waals surface area contributed by atoms with Gasteiger partial charge in [-0.25, -0.2) is 0 Å². The molecule has 0 atom stereocenters. The minimum absolute atomic E-state index is 1.05. The third kappa shape index (κ3) is 5.16. The third-order valence-corrected chi connectivity index (χ3v) is 7.52. The first-order chi connectivity index (χ1) is 6.74. The first-order valence-electron chi connectivity index (χ1n) is 6.24. The fourth-order valence-corrected chi connectivity index (χ4v) is 6.54. The summed E-state index contributed by atoms with van der Waals surface area (Å²) in [5, 5.41) is 0. The molecule has 0 N–H and O–H groups in total. The molecule has 1 radical (unpaired) electrons. The predicted octanol–water partition coefficient (Wildman–Crippen LogP) is 4.75. The van der Waals surface area contributed by atoms with E-state index in [2.05, 4.69) is 27.7 Å². The zero-order valence-corrected chi connectivity index (χ0v) is 11.4. The van der Waals surface area contributed by atoms with Gasteiger partial charge < -0.3 is 4.43 Å². The van der Waals surface area contributed by atoms with E-state index in [9.17, 15) is 0 Å². The van der Waals surface area contributed by atoms with Crippen LogP contribution in [0.4, 0.5) is 0 Å². The summed E-state index contributed by atoms with van der Waals surface area (Å²) in [4.78, 5) is 0. The monoisotopic (exact) mass is 215 g/mol. The summed E-state index contributed by atoms with van der Waals surface area (Å²) >= 11 is 0. The van der Waals surface area contributed by atoms with E-state index in [1.807, 2.05) is 6.61 Å². The summed E-state index contributed by atoms with van der Waals surface area (Å²) in [6, 6.07) is 4.02. The molecular weight excluding hydrogens is 188 g/mol. The summed E-state index contributed by atoms with van der Waals surface area (Å²) in [5.41, 5.74) is 0. The highest BCUT2D eigenvalue weighted by molar-refractivity contribution is 6.73. The van der Waals surface area contributed by atoms with Gasteiger partial charge in [-0.1, -0.05) is 47.0 Å². The molecule has 0 aromatic carbocycles. The van der Waals surface area contributed by atoms with Crippen molar-refractivity contribution < 1.29 is 4.43 Å². The molecule has 0 fully saturated rings. The zero-order chi connectivity index (χ0) is 10.9. The Hall–Kier alpha value is 0.177. The van der Waals surface area contributed by atoms with Crippen molar-refractivity contribution in [2.45, 2.75) is 71.5 Å². The molecule has 0 aliphatic heterocycles. The number of hydrogen-bond donors (Lipinski definition) is 0. The van der Waals surface area contributed by atoms with Crippen LogP contribution in [-0.4, -0.2) is 8.32 Å². The van der Waals surface area contributed by atoms with Crippen LogP contribution in [-0.2, 0) is 4.43 Å². The molecular formula is C12H27OSi. The Morgan fingerprint density at radius 3 is 1.57 bits per heavy atom. The predicted molar refractivity (Wildman–Crippen MR) is 66.7 cm³/mol. The summed E-state index contributed by atoms with van der Waals surface area (Å²) in [6.45, 7) is 11.0. The highest BCUT2D eigenvalue weighted by atomic mass is 28.4. The lowest BCUT2D eigenvalue weighted by Crippen LogP contribution is -2.36. The molecule has 0 unspecified atom stereocenters. The first-order valence-corrected chi connectivity index (χ1v) is 8.77. The molecule has 0 aliphatic rings. The molecule has 85 valence electrons. The largest absolute Gasteiger partial charge is 0.411 e. The van der Waals surface area contributed by atoms with Crippen LogP contribution in [0.1, 0.15) is 53.4 Å².